The van der Waals surface area contributed by atoms with Crippen LogP contribution in [0.4, 0.5) is 0 Å². The van der Waals surface area contributed by atoms with Gasteiger partial charge >= 0.3 is 5.97 Å². The van der Waals surface area contributed by atoms with Crippen molar-refractivity contribution < 1.29 is 14.7 Å². The molecule has 0 aromatic carbocycles. The lowest BCUT2D eigenvalue weighted by molar-refractivity contribution is -0.133. The Balaban J connectivity index is 4.67. The number of amides is 1. The van der Waals surface area contributed by atoms with E-state index < -0.39 is 11.9 Å². The molecular weight excluding hydrogens is 134 g/mol. The molecule has 0 spiro atoms. The van der Waals surface area contributed by atoms with Gasteiger partial charge in [0, 0.05) is 11.1 Å². The monoisotopic (exact) mass is 142 g/mol. The minimum atomic E-state index is -1.15. The van der Waals surface area contributed by atoms with Gasteiger partial charge in [-0.1, -0.05) is 0 Å². The van der Waals surface area contributed by atoms with Crippen LogP contribution in [0.25, 0.3) is 0 Å². The van der Waals surface area contributed by atoms with E-state index in [9.17, 15) is 9.59 Å². The zero-order valence-electron chi connectivity index (χ0n) is 5.76. The molecular formula is C6H8NO3. The van der Waals surface area contributed by atoms with Gasteiger partial charge in [0.1, 0.15) is 0 Å². The first-order chi connectivity index (χ1) is 4.46. The van der Waals surface area contributed by atoms with E-state index in [0.29, 0.717) is 0 Å². The second-order valence-corrected chi connectivity index (χ2v) is 1.88. The van der Waals surface area contributed by atoms with Crippen LogP contribution in [0.15, 0.2) is 11.1 Å². The van der Waals surface area contributed by atoms with Crippen LogP contribution >= 0.6 is 0 Å². The Morgan fingerprint density at radius 1 is 1.20 bits per heavy atom. The first-order valence-corrected chi connectivity index (χ1v) is 2.63. The average Bonchev–Trinajstić information content (AvgIpc) is 1.84. The first-order valence-electron chi connectivity index (χ1n) is 2.63. The molecule has 0 bridgehead atoms. The molecule has 2 N–H and O–H groups in total. The number of carboxylic acids is 1. The second kappa shape index (κ2) is 3.00. The molecule has 0 unspecified atom stereocenters. The van der Waals surface area contributed by atoms with Crippen molar-refractivity contribution in [2.24, 2.45) is 0 Å². The normalized spacial score (nSPS) is 12.2. The molecule has 4 heteroatoms. The lowest BCUT2D eigenvalue weighted by Crippen LogP contribution is -2.07. The number of carbonyl (C=O) groups excluding carboxylic acids is 1. The van der Waals surface area contributed by atoms with Crippen molar-refractivity contribution in [3.05, 3.63) is 11.1 Å². The lowest BCUT2D eigenvalue weighted by Gasteiger charge is -1.95. The van der Waals surface area contributed by atoms with Gasteiger partial charge in [-0.2, -0.15) is 0 Å². The summed E-state index contributed by atoms with van der Waals surface area (Å²) in [7, 11) is 0. The van der Waals surface area contributed by atoms with Gasteiger partial charge < -0.3 is 5.11 Å². The summed E-state index contributed by atoms with van der Waals surface area (Å²) >= 11 is 0. The Morgan fingerprint density at radius 3 is 1.70 bits per heavy atom. The molecule has 0 fully saturated rings. The zero-order chi connectivity index (χ0) is 8.31. The highest BCUT2D eigenvalue weighted by Gasteiger charge is 2.08. The van der Waals surface area contributed by atoms with Crippen molar-refractivity contribution in [1.29, 1.82) is 0 Å². The Kier molecular flexibility index (Phi) is 2.61. The fourth-order valence-electron chi connectivity index (χ4n) is 0.331. The lowest BCUT2D eigenvalue weighted by atomic mass is 10.1. The van der Waals surface area contributed by atoms with Crippen molar-refractivity contribution in [3.63, 3.8) is 0 Å². The number of carboxylic acid groups (broad SMARTS) is 1. The van der Waals surface area contributed by atoms with E-state index in [1.807, 2.05) is 0 Å². The first kappa shape index (κ1) is 8.68. The Bertz CT molecular complexity index is 183. The van der Waals surface area contributed by atoms with Crippen LogP contribution in [-0.4, -0.2) is 17.0 Å². The molecule has 10 heavy (non-hydrogen) atoms. The van der Waals surface area contributed by atoms with Crippen LogP contribution in [0.1, 0.15) is 13.8 Å². The predicted molar refractivity (Wildman–Crippen MR) is 34.1 cm³/mol. The number of hydrogen-bond donors (Lipinski definition) is 1. The molecule has 0 rings (SSSR count). The molecule has 0 aliphatic carbocycles. The number of carbonyl (C=O) groups is 2. The fraction of sp³-hybridized carbons (Fsp3) is 0.333. The molecule has 0 aromatic rings. The van der Waals surface area contributed by atoms with E-state index in [1.165, 1.54) is 13.8 Å². The van der Waals surface area contributed by atoms with Crippen LogP contribution < -0.4 is 5.73 Å². The van der Waals surface area contributed by atoms with Gasteiger partial charge in [0.05, 0.1) is 0 Å². The molecule has 0 heterocycles. The highest BCUT2D eigenvalue weighted by atomic mass is 16.4. The van der Waals surface area contributed by atoms with Gasteiger partial charge in [0.25, 0.3) is 5.91 Å². The summed E-state index contributed by atoms with van der Waals surface area (Å²) in [4.78, 5) is 20.4. The van der Waals surface area contributed by atoms with Gasteiger partial charge in [-0.3, -0.25) is 10.5 Å². The van der Waals surface area contributed by atoms with E-state index in [1.54, 1.807) is 0 Å². The topological polar surface area (TPSA) is 78.2 Å². The van der Waals surface area contributed by atoms with E-state index in [4.69, 9.17) is 10.8 Å². The van der Waals surface area contributed by atoms with E-state index >= 15 is 0 Å². The quantitative estimate of drug-likeness (QED) is 0.560. The minimum absolute atomic E-state index is 0.0208. The Morgan fingerprint density at radius 2 is 1.60 bits per heavy atom. The molecule has 4 nitrogen and oxygen atoms in total. The Labute approximate surface area is 58.3 Å². The van der Waals surface area contributed by atoms with E-state index in [0.717, 1.165) is 0 Å². The van der Waals surface area contributed by atoms with Gasteiger partial charge in [-0.15, -0.1) is 0 Å². The SMILES string of the molecule is C/C(C([NH])=O)=C(\C)C(=O)O. The van der Waals surface area contributed by atoms with Crippen molar-refractivity contribution in [2.45, 2.75) is 13.8 Å². The summed E-state index contributed by atoms with van der Waals surface area (Å²) in [5.74, 6) is -2.10. The van der Waals surface area contributed by atoms with Crippen LogP contribution in [0.5, 0.6) is 0 Å². The summed E-state index contributed by atoms with van der Waals surface area (Å²) in [6.07, 6.45) is 0. The largest absolute Gasteiger partial charge is 0.478 e. The molecule has 55 valence electrons. The van der Waals surface area contributed by atoms with Gasteiger partial charge in [-0.05, 0) is 13.8 Å². The summed E-state index contributed by atoms with van der Waals surface area (Å²) in [6, 6.07) is 0. The molecule has 0 saturated carbocycles. The average molecular weight is 142 g/mol. The van der Waals surface area contributed by atoms with Crippen LogP contribution in [-0.2, 0) is 9.59 Å². The maximum atomic E-state index is 10.2. The number of rotatable bonds is 2. The molecule has 0 atom stereocenters. The molecule has 0 aromatic heterocycles. The van der Waals surface area contributed by atoms with Crippen molar-refractivity contribution in [1.82, 2.24) is 5.73 Å². The summed E-state index contributed by atoms with van der Waals surface area (Å²) < 4.78 is 0. The zero-order valence-corrected chi connectivity index (χ0v) is 5.76. The standard InChI is InChI=1S/C6H8NO3/c1-3(5(7)8)4(2)6(9)10/h7H,1-2H3,(H,9,10)/b4-3-. The third-order valence-electron chi connectivity index (χ3n) is 1.22. The summed E-state index contributed by atoms with van der Waals surface area (Å²) in [5, 5.41) is 8.31. The highest BCUT2D eigenvalue weighted by Crippen LogP contribution is 2.01. The second-order valence-electron chi connectivity index (χ2n) is 1.88. The van der Waals surface area contributed by atoms with Gasteiger partial charge in [0.2, 0.25) is 0 Å². The third kappa shape index (κ3) is 1.89. The molecule has 0 aliphatic rings. The molecule has 0 saturated heterocycles. The maximum Gasteiger partial charge on any atom is 0.331 e. The maximum absolute atomic E-state index is 10.2. The van der Waals surface area contributed by atoms with E-state index in [2.05, 4.69) is 0 Å². The summed E-state index contributed by atoms with van der Waals surface area (Å²) in [6.45, 7) is 2.61. The number of hydrogen-bond acceptors (Lipinski definition) is 2. The number of nitrogens with one attached hydrogen (secondary N) is 1. The molecule has 1 radical (unpaired) electrons. The smallest absolute Gasteiger partial charge is 0.331 e. The fourth-order valence-corrected chi connectivity index (χ4v) is 0.331. The number of aliphatic carboxylic acids is 1. The third-order valence-corrected chi connectivity index (χ3v) is 1.22. The van der Waals surface area contributed by atoms with Crippen molar-refractivity contribution >= 4 is 11.9 Å². The summed E-state index contributed by atoms with van der Waals surface area (Å²) in [5.41, 5.74) is 6.46. The predicted octanol–water partition coefficient (Wildman–Crippen LogP) is 0.217. The van der Waals surface area contributed by atoms with Crippen LogP contribution in [0, 0.1) is 0 Å². The van der Waals surface area contributed by atoms with Crippen LogP contribution in [0.2, 0.25) is 0 Å². The van der Waals surface area contributed by atoms with Crippen molar-refractivity contribution in [3.8, 4) is 0 Å². The molecule has 0 aliphatic heterocycles. The van der Waals surface area contributed by atoms with Crippen LogP contribution in [0.3, 0.4) is 0 Å². The highest BCUT2D eigenvalue weighted by molar-refractivity contribution is 6.00. The molecule has 1 amide bonds. The minimum Gasteiger partial charge on any atom is -0.478 e. The van der Waals surface area contributed by atoms with Gasteiger partial charge in [0.15, 0.2) is 0 Å². The van der Waals surface area contributed by atoms with Gasteiger partial charge in [-0.25, -0.2) is 4.79 Å². The van der Waals surface area contributed by atoms with E-state index in [-0.39, 0.29) is 11.1 Å². The van der Waals surface area contributed by atoms with Crippen molar-refractivity contribution in [2.75, 3.05) is 0 Å². The Hall–Kier alpha value is -1.32.